The Morgan fingerprint density at radius 2 is 2.14 bits per heavy atom. The number of nitrogens with one attached hydrogen (secondary N) is 1. The van der Waals surface area contributed by atoms with E-state index in [-0.39, 0.29) is 4.90 Å². The van der Waals surface area contributed by atoms with Crippen LogP contribution in [0.25, 0.3) is 0 Å². The third-order valence-electron chi connectivity index (χ3n) is 2.08. The first-order chi connectivity index (χ1) is 6.71. The summed E-state index contributed by atoms with van der Waals surface area (Å²) in [6.07, 6.45) is 2.76. The topological polar surface area (TPSA) is 66.1 Å². The fourth-order valence-corrected chi connectivity index (χ4v) is 3.80. The second-order valence-corrected chi connectivity index (χ2v) is 6.11. The maximum absolute atomic E-state index is 11.9. The smallest absolute Gasteiger partial charge is 0.246 e. The molecule has 0 radical (unpaired) electrons. The van der Waals surface area contributed by atoms with E-state index in [1.165, 1.54) is 16.7 Å². The summed E-state index contributed by atoms with van der Waals surface area (Å²) in [5.41, 5.74) is 0. The molecule has 0 amide bonds. The van der Waals surface area contributed by atoms with E-state index in [2.05, 4.69) is 10.2 Å². The van der Waals surface area contributed by atoms with Crippen LogP contribution in [0, 0.1) is 0 Å². The van der Waals surface area contributed by atoms with Gasteiger partial charge in [0.25, 0.3) is 0 Å². The minimum Gasteiger partial charge on any atom is -0.284 e. The van der Waals surface area contributed by atoms with E-state index >= 15 is 0 Å². The highest BCUT2D eigenvalue weighted by molar-refractivity contribution is 7.99. The largest absolute Gasteiger partial charge is 0.284 e. The van der Waals surface area contributed by atoms with E-state index in [4.69, 9.17) is 0 Å². The van der Waals surface area contributed by atoms with Gasteiger partial charge in [0.2, 0.25) is 10.0 Å². The maximum atomic E-state index is 11.9. The van der Waals surface area contributed by atoms with Gasteiger partial charge < -0.3 is 0 Å². The number of rotatable bonds is 2. The number of H-pyrrole nitrogens is 1. The van der Waals surface area contributed by atoms with Gasteiger partial charge in [0, 0.05) is 30.8 Å². The molecule has 1 fully saturated rings. The van der Waals surface area contributed by atoms with Gasteiger partial charge >= 0.3 is 0 Å². The van der Waals surface area contributed by atoms with Gasteiger partial charge in [-0.1, -0.05) is 0 Å². The van der Waals surface area contributed by atoms with Gasteiger partial charge in [-0.2, -0.15) is 21.2 Å². The highest BCUT2D eigenvalue weighted by atomic mass is 32.2. The third-order valence-corrected chi connectivity index (χ3v) is 4.89. The van der Waals surface area contributed by atoms with Crippen LogP contribution in [0.4, 0.5) is 0 Å². The van der Waals surface area contributed by atoms with Crippen molar-refractivity contribution in [3.8, 4) is 0 Å². The zero-order chi connectivity index (χ0) is 10.0. The Labute approximate surface area is 86.9 Å². The highest BCUT2D eigenvalue weighted by Gasteiger charge is 2.26. The Balaban J connectivity index is 2.23. The normalized spacial score (nSPS) is 19.7. The average molecular weight is 233 g/mol. The molecule has 5 nitrogen and oxygen atoms in total. The van der Waals surface area contributed by atoms with E-state index in [1.54, 1.807) is 11.8 Å². The standard InChI is InChI=1S/C7H11N3O2S2/c11-14(12,7-5-8-9-6-7)10-1-3-13-4-2-10/h5-6H,1-4H2,(H,8,9). The Hall–Kier alpha value is -0.530. The summed E-state index contributed by atoms with van der Waals surface area (Å²) in [7, 11) is -3.29. The van der Waals surface area contributed by atoms with Gasteiger partial charge in [-0.3, -0.25) is 5.10 Å². The van der Waals surface area contributed by atoms with Gasteiger partial charge in [-0.25, -0.2) is 8.42 Å². The molecule has 0 aliphatic carbocycles. The molecule has 1 aromatic rings. The number of hydrogen-bond donors (Lipinski definition) is 1. The zero-order valence-electron chi connectivity index (χ0n) is 7.51. The van der Waals surface area contributed by atoms with Crippen molar-refractivity contribution in [2.45, 2.75) is 4.90 Å². The van der Waals surface area contributed by atoms with Gasteiger partial charge in [0.15, 0.2) is 0 Å². The lowest BCUT2D eigenvalue weighted by Gasteiger charge is -2.24. The second-order valence-electron chi connectivity index (χ2n) is 2.95. The quantitative estimate of drug-likeness (QED) is 0.789. The van der Waals surface area contributed by atoms with Crippen LogP contribution >= 0.6 is 11.8 Å². The van der Waals surface area contributed by atoms with E-state index in [0.717, 1.165) is 11.5 Å². The molecule has 0 spiro atoms. The molecule has 2 rings (SSSR count). The van der Waals surface area contributed by atoms with E-state index in [1.807, 2.05) is 0 Å². The second kappa shape index (κ2) is 3.92. The van der Waals surface area contributed by atoms with Crippen molar-refractivity contribution in [3.05, 3.63) is 12.4 Å². The molecule has 78 valence electrons. The number of aromatic amines is 1. The molecule has 1 N–H and O–H groups in total. The van der Waals surface area contributed by atoms with E-state index < -0.39 is 10.0 Å². The van der Waals surface area contributed by atoms with E-state index in [0.29, 0.717) is 13.1 Å². The molecule has 0 atom stereocenters. The summed E-state index contributed by atoms with van der Waals surface area (Å²) >= 11 is 1.78. The first kappa shape index (κ1) is 10.0. The molecule has 14 heavy (non-hydrogen) atoms. The minimum absolute atomic E-state index is 0.254. The molecule has 0 bridgehead atoms. The summed E-state index contributed by atoms with van der Waals surface area (Å²) in [6, 6.07) is 0. The highest BCUT2D eigenvalue weighted by Crippen LogP contribution is 2.18. The Morgan fingerprint density at radius 1 is 1.43 bits per heavy atom. The number of thioether (sulfide) groups is 1. The lowest BCUT2D eigenvalue weighted by molar-refractivity contribution is 0.443. The van der Waals surface area contributed by atoms with Crippen molar-refractivity contribution in [2.75, 3.05) is 24.6 Å². The molecule has 0 aromatic carbocycles. The van der Waals surface area contributed by atoms with Crippen molar-refractivity contribution >= 4 is 21.8 Å². The van der Waals surface area contributed by atoms with E-state index in [9.17, 15) is 8.42 Å². The average Bonchev–Trinajstić information content (AvgIpc) is 2.72. The van der Waals surface area contributed by atoms with Crippen LogP contribution in [0.15, 0.2) is 17.3 Å². The first-order valence-corrected chi connectivity index (χ1v) is 6.87. The van der Waals surface area contributed by atoms with Crippen LogP contribution in [0.3, 0.4) is 0 Å². The molecule has 2 heterocycles. The van der Waals surface area contributed by atoms with Crippen molar-refractivity contribution < 1.29 is 8.42 Å². The Morgan fingerprint density at radius 3 is 2.71 bits per heavy atom. The molecule has 1 saturated heterocycles. The number of sulfonamides is 1. The molecular weight excluding hydrogens is 222 g/mol. The molecular formula is C7H11N3O2S2. The lowest BCUT2D eigenvalue weighted by atomic mass is 10.6. The van der Waals surface area contributed by atoms with Crippen LogP contribution in [-0.2, 0) is 10.0 Å². The molecule has 0 unspecified atom stereocenters. The van der Waals surface area contributed by atoms with Crippen LogP contribution in [-0.4, -0.2) is 47.5 Å². The summed E-state index contributed by atoms with van der Waals surface area (Å²) in [6.45, 7) is 1.19. The van der Waals surface area contributed by atoms with Gasteiger partial charge in [-0.05, 0) is 0 Å². The molecule has 1 aliphatic heterocycles. The van der Waals surface area contributed by atoms with Crippen molar-refractivity contribution in [2.24, 2.45) is 0 Å². The van der Waals surface area contributed by atoms with Gasteiger partial charge in [0.05, 0.1) is 6.20 Å². The van der Waals surface area contributed by atoms with Crippen molar-refractivity contribution in [3.63, 3.8) is 0 Å². The summed E-state index contributed by atoms with van der Waals surface area (Å²) in [5.74, 6) is 1.74. The van der Waals surface area contributed by atoms with Crippen LogP contribution in [0.2, 0.25) is 0 Å². The maximum Gasteiger partial charge on any atom is 0.246 e. The summed E-state index contributed by atoms with van der Waals surface area (Å²) in [5, 5.41) is 6.16. The van der Waals surface area contributed by atoms with Crippen molar-refractivity contribution in [1.29, 1.82) is 0 Å². The minimum atomic E-state index is -3.29. The SMILES string of the molecule is O=S(=O)(c1cn[nH]c1)N1CCSCC1. The fraction of sp³-hybridized carbons (Fsp3) is 0.571. The monoisotopic (exact) mass is 233 g/mol. The molecule has 7 heteroatoms. The van der Waals surface area contributed by atoms with Crippen LogP contribution in [0.5, 0.6) is 0 Å². The fourth-order valence-electron chi connectivity index (χ4n) is 1.32. The third kappa shape index (κ3) is 1.79. The van der Waals surface area contributed by atoms with Gasteiger partial charge in [-0.15, -0.1) is 0 Å². The van der Waals surface area contributed by atoms with Crippen molar-refractivity contribution in [1.82, 2.24) is 14.5 Å². The van der Waals surface area contributed by atoms with Gasteiger partial charge in [0.1, 0.15) is 4.90 Å². The molecule has 1 aliphatic rings. The first-order valence-electron chi connectivity index (χ1n) is 4.28. The number of nitrogens with zero attached hydrogens (tertiary/aromatic N) is 2. The molecule has 0 saturated carbocycles. The van der Waals surface area contributed by atoms with Crippen LogP contribution < -0.4 is 0 Å². The number of hydrogen-bond acceptors (Lipinski definition) is 4. The predicted molar refractivity (Wildman–Crippen MR) is 54.7 cm³/mol. The Kier molecular flexibility index (Phi) is 2.80. The predicted octanol–water partition coefficient (Wildman–Crippen LogP) is 0.147. The Bertz CT molecular complexity index is 381. The summed E-state index contributed by atoms with van der Waals surface area (Å²) in [4.78, 5) is 0.254. The lowest BCUT2D eigenvalue weighted by Crippen LogP contribution is -2.37. The van der Waals surface area contributed by atoms with Crippen LogP contribution in [0.1, 0.15) is 0 Å². The molecule has 1 aromatic heterocycles. The summed E-state index contributed by atoms with van der Waals surface area (Å²) < 4.78 is 25.3. The zero-order valence-corrected chi connectivity index (χ0v) is 9.14. The number of aromatic nitrogens is 2.